The van der Waals surface area contributed by atoms with Gasteiger partial charge in [-0.2, -0.15) is 4.98 Å². The molecule has 1 fully saturated rings. The minimum atomic E-state index is 0.0165. The smallest absolute Gasteiger partial charge is 0.239 e. The maximum atomic E-state index is 11.9. The molecule has 0 saturated heterocycles. The molecule has 0 aliphatic heterocycles. The average Bonchev–Trinajstić information content (AvgIpc) is 3.29. The van der Waals surface area contributed by atoms with Gasteiger partial charge in [-0.05, 0) is 25.0 Å². The third-order valence-corrected chi connectivity index (χ3v) is 3.49. The molecule has 1 aromatic heterocycles. The zero-order valence-corrected chi connectivity index (χ0v) is 12.3. The van der Waals surface area contributed by atoms with Gasteiger partial charge in [0.05, 0.1) is 12.1 Å². The number of nitrogens with zero attached hydrogens (tertiary/aromatic N) is 3. The Labute approximate surface area is 123 Å². The standard InChI is InChI=1S/C15H19N5O/c1-16-14-11-5-3-4-6-12(11)18-15(19-14)20(2)9-13(21)17-10-7-8-10/h3-6,10H,7-9H2,1-2H3,(H,17,21)(H,16,18,19). The normalized spacial score (nSPS) is 14.0. The average molecular weight is 285 g/mol. The number of para-hydroxylation sites is 1. The number of amides is 1. The molecular weight excluding hydrogens is 266 g/mol. The number of likely N-dealkylation sites (N-methyl/N-ethyl adjacent to an activating group) is 1. The molecule has 0 radical (unpaired) electrons. The number of rotatable bonds is 5. The number of nitrogens with one attached hydrogen (secondary N) is 2. The number of hydrogen-bond acceptors (Lipinski definition) is 5. The van der Waals surface area contributed by atoms with Gasteiger partial charge in [0.25, 0.3) is 0 Å². The van der Waals surface area contributed by atoms with Gasteiger partial charge in [-0.3, -0.25) is 4.79 Å². The summed E-state index contributed by atoms with van der Waals surface area (Å²) in [5, 5.41) is 7.02. The van der Waals surface area contributed by atoms with Crippen LogP contribution in [0, 0.1) is 0 Å². The molecule has 2 aromatic rings. The molecule has 1 aliphatic rings. The second kappa shape index (κ2) is 5.55. The van der Waals surface area contributed by atoms with E-state index in [2.05, 4.69) is 20.6 Å². The Morgan fingerprint density at radius 1 is 1.33 bits per heavy atom. The molecule has 6 nitrogen and oxygen atoms in total. The minimum Gasteiger partial charge on any atom is -0.372 e. The third kappa shape index (κ3) is 3.04. The maximum absolute atomic E-state index is 11.9. The molecule has 1 saturated carbocycles. The van der Waals surface area contributed by atoms with Crippen LogP contribution < -0.4 is 15.5 Å². The van der Waals surface area contributed by atoms with Crippen molar-refractivity contribution in [3.05, 3.63) is 24.3 Å². The number of carbonyl (C=O) groups excluding carboxylic acids is 1. The monoisotopic (exact) mass is 285 g/mol. The SMILES string of the molecule is CNc1nc(N(C)CC(=O)NC2CC2)nc2ccccc12. The van der Waals surface area contributed by atoms with E-state index < -0.39 is 0 Å². The van der Waals surface area contributed by atoms with Crippen LogP contribution in [-0.4, -0.2) is 42.6 Å². The van der Waals surface area contributed by atoms with Crippen LogP contribution in [0.2, 0.25) is 0 Å². The van der Waals surface area contributed by atoms with Gasteiger partial charge >= 0.3 is 0 Å². The largest absolute Gasteiger partial charge is 0.372 e. The van der Waals surface area contributed by atoms with Gasteiger partial charge in [0.1, 0.15) is 5.82 Å². The van der Waals surface area contributed by atoms with E-state index in [0.29, 0.717) is 12.0 Å². The molecule has 3 rings (SSSR count). The van der Waals surface area contributed by atoms with Crippen molar-refractivity contribution >= 4 is 28.6 Å². The first-order valence-corrected chi connectivity index (χ1v) is 7.12. The fourth-order valence-electron chi connectivity index (χ4n) is 2.21. The fourth-order valence-corrected chi connectivity index (χ4v) is 2.21. The summed E-state index contributed by atoms with van der Waals surface area (Å²) in [6.07, 6.45) is 2.18. The van der Waals surface area contributed by atoms with Crippen LogP contribution in [0.4, 0.5) is 11.8 Å². The zero-order valence-electron chi connectivity index (χ0n) is 12.3. The Bertz CT molecular complexity index is 668. The van der Waals surface area contributed by atoms with Gasteiger partial charge in [-0.25, -0.2) is 4.98 Å². The number of fused-ring (bicyclic) bond motifs is 1. The van der Waals surface area contributed by atoms with Gasteiger partial charge in [0.2, 0.25) is 11.9 Å². The molecule has 1 heterocycles. The quantitative estimate of drug-likeness (QED) is 0.868. The first-order chi connectivity index (χ1) is 10.2. The zero-order chi connectivity index (χ0) is 14.8. The van der Waals surface area contributed by atoms with Crippen molar-refractivity contribution in [1.82, 2.24) is 15.3 Å². The lowest BCUT2D eigenvalue weighted by Crippen LogP contribution is -2.37. The van der Waals surface area contributed by atoms with Crippen LogP contribution in [0.1, 0.15) is 12.8 Å². The summed E-state index contributed by atoms with van der Waals surface area (Å²) in [6, 6.07) is 8.19. The number of carbonyl (C=O) groups is 1. The highest BCUT2D eigenvalue weighted by Crippen LogP contribution is 2.22. The van der Waals surface area contributed by atoms with E-state index in [0.717, 1.165) is 29.6 Å². The van der Waals surface area contributed by atoms with Gasteiger partial charge in [0, 0.05) is 25.5 Å². The van der Waals surface area contributed by atoms with Gasteiger partial charge in [-0.1, -0.05) is 12.1 Å². The van der Waals surface area contributed by atoms with Gasteiger partial charge in [0.15, 0.2) is 0 Å². The molecule has 2 N–H and O–H groups in total. The molecular formula is C15H19N5O. The van der Waals surface area contributed by atoms with Crippen LogP contribution in [0.3, 0.4) is 0 Å². The van der Waals surface area contributed by atoms with Gasteiger partial charge in [-0.15, -0.1) is 0 Å². The van der Waals surface area contributed by atoms with E-state index in [4.69, 9.17) is 0 Å². The van der Waals surface area contributed by atoms with Gasteiger partial charge < -0.3 is 15.5 Å². The molecule has 0 unspecified atom stereocenters. The molecule has 110 valence electrons. The molecule has 0 bridgehead atoms. The van der Waals surface area contributed by atoms with Crippen molar-refractivity contribution in [3.63, 3.8) is 0 Å². The molecule has 1 amide bonds. The van der Waals surface area contributed by atoms with Crippen molar-refractivity contribution in [2.45, 2.75) is 18.9 Å². The summed E-state index contributed by atoms with van der Waals surface area (Å²) in [5.41, 5.74) is 0.862. The second-order valence-corrected chi connectivity index (χ2v) is 5.34. The molecule has 1 aromatic carbocycles. The van der Waals surface area contributed by atoms with Crippen LogP contribution in [0.5, 0.6) is 0 Å². The summed E-state index contributed by atoms with van der Waals surface area (Å²) in [7, 11) is 3.66. The molecule has 6 heteroatoms. The minimum absolute atomic E-state index is 0.0165. The highest BCUT2D eigenvalue weighted by molar-refractivity contribution is 5.90. The van der Waals surface area contributed by atoms with E-state index in [1.54, 1.807) is 4.90 Å². The summed E-state index contributed by atoms with van der Waals surface area (Å²) in [4.78, 5) is 22.7. The molecule has 21 heavy (non-hydrogen) atoms. The van der Waals surface area contributed by atoms with Crippen molar-refractivity contribution in [2.75, 3.05) is 30.9 Å². The lowest BCUT2D eigenvalue weighted by molar-refractivity contribution is -0.119. The summed E-state index contributed by atoms with van der Waals surface area (Å²) in [5.74, 6) is 1.33. The highest BCUT2D eigenvalue weighted by atomic mass is 16.2. The first kappa shape index (κ1) is 13.6. The maximum Gasteiger partial charge on any atom is 0.239 e. The highest BCUT2D eigenvalue weighted by Gasteiger charge is 2.24. The Kier molecular flexibility index (Phi) is 3.60. The fraction of sp³-hybridized carbons (Fsp3) is 0.400. The summed E-state index contributed by atoms with van der Waals surface area (Å²) >= 11 is 0. The van der Waals surface area contributed by atoms with E-state index in [-0.39, 0.29) is 12.5 Å². The van der Waals surface area contributed by atoms with Crippen LogP contribution in [0.15, 0.2) is 24.3 Å². The van der Waals surface area contributed by atoms with Crippen LogP contribution in [0.25, 0.3) is 10.9 Å². The number of aromatic nitrogens is 2. The van der Waals surface area contributed by atoms with Crippen molar-refractivity contribution in [3.8, 4) is 0 Å². The first-order valence-electron chi connectivity index (χ1n) is 7.12. The lowest BCUT2D eigenvalue weighted by atomic mass is 10.2. The molecule has 0 atom stereocenters. The topological polar surface area (TPSA) is 70.2 Å². The van der Waals surface area contributed by atoms with Crippen molar-refractivity contribution in [1.29, 1.82) is 0 Å². The predicted octanol–water partition coefficient (Wildman–Crippen LogP) is 1.39. The van der Waals surface area contributed by atoms with Crippen molar-refractivity contribution < 1.29 is 4.79 Å². The van der Waals surface area contributed by atoms with E-state index in [9.17, 15) is 4.79 Å². The Hall–Kier alpha value is -2.37. The van der Waals surface area contributed by atoms with E-state index in [1.165, 1.54) is 0 Å². The van der Waals surface area contributed by atoms with E-state index in [1.807, 2.05) is 38.4 Å². The molecule has 0 spiro atoms. The third-order valence-electron chi connectivity index (χ3n) is 3.49. The van der Waals surface area contributed by atoms with E-state index >= 15 is 0 Å². The number of hydrogen-bond donors (Lipinski definition) is 2. The Morgan fingerprint density at radius 2 is 2.10 bits per heavy atom. The Morgan fingerprint density at radius 3 is 2.81 bits per heavy atom. The molecule has 1 aliphatic carbocycles. The number of anilines is 2. The van der Waals surface area contributed by atoms with Crippen LogP contribution in [-0.2, 0) is 4.79 Å². The lowest BCUT2D eigenvalue weighted by Gasteiger charge is -2.18. The second-order valence-electron chi connectivity index (χ2n) is 5.34. The Balaban J connectivity index is 1.83. The van der Waals surface area contributed by atoms with Crippen molar-refractivity contribution in [2.24, 2.45) is 0 Å². The predicted molar refractivity (Wildman–Crippen MR) is 83.5 cm³/mol. The number of benzene rings is 1. The summed E-state index contributed by atoms with van der Waals surface area (Å²) < 4.78 is 0. The van der Waals surface area contributed by atoms with Crippen LogP contribution >= 0.6 is 0 Å². The summed E-state index contributed by atoms with van der Waals surface area (Å²) in [6.45, 7) is 0.262.